The SMILES string of the molecule is CCOc1ccc(C(NN)C(C)(CC)OCC)cc1. The molecule has 0 radical (unpaired) electrons. The number of rotatable bonds is 8. The van der Waals surface area contributed by atoms with Crippen molar-refractivity contribution in [3.8, 4) is 5.75 Å². The molecule has 4 nitrogen and oxygen atoms in total. The first-order valence-corrected chi connectivity index (χ1v) is 6.94. The topological polar surface area (TPSA) is 56.5 Å². The van der Waals surface area contributed by atoms with Crippen LogP contribution in [0.2, 0.25) is 0 Å². The number of benzene rings is 1. The predicted molar refractivity (Wildman–Crippen MR) is 78.0 cm³/mol. The molecule has 0 amide bonds. The van der Waals surface area contributed by atoms with Crippen LogP contribution in [0.3, 0.4) is 0 Å². The van der Waals surface area contributed by atoms with Crippen LogP contribution in [0, 0.1) is 0 Å². The van der Waals surface area contributed by atoms with E-state index in [2.05, 4.69) is 19.3 Å². The number of ether oxygens (including phenoxy) is 2. The molecule has 0 spiro atoms. The molecular weight excluding hydrogens is 240 g/mol. The first-order chi connectivity index (χ1) is 9.11. The molecule has 4 heteroatoms. The Hall–Kier alpha value is -1.10. The van der Waals surface area contributed by atoms with Crippen molar-refractivity contribution in [2.24, 2.45) is 5.84 Å². The van der Waals surface area contributed by atoms with E-state index < -0.39 is 0 Å². The van der Waals surface area contributed by atoms with Crippen molar-refractivity contribution in [2.75, 3.05) is 13.2 Å². The summed E-state index contributed by atoms with van der Waals surface area (Å²) >= 11 is 0. The highest BCUT2D eigenvalue weighted by atomic mass is 16.5. The minimum absolute atomic E-state index is 0.0480. The molecule has 0 aliphatic heterocycles. The Labute approximate surface area is 116 Å². The van der Waals surface area contributed by atoms with Gasteiger partial charge in [-0.15, -0.1) is 0 Å². The summed E-state index contributed by atoms with van der Waals surface area (Å²) in [5, 5.41) is 0. The van der Waals surface area contributed by atoms with E-state index in [1.807, 2.05) is 38.1 Å². The van der Waals surface area contributed by atoms with Gasteiger partial charge in [-0.05, 0) is 44.9 Å². The van der Waals surface area contributed by atoms with Gasteiger partial charge < -0.3 is 9.47 Å². The zero-order chi connectivity index (χ0) is 14.3. The van der Waals surface area contributed by atoms with Crippen molar-refractivity contribution < 1.29 is 9.47 Å². The lowest BCUT2D eigenvalue weighted by Crippen LogP contribution is -2.46. The zero-order valence-corrected chi connectivity index (χ0v) is 12.4. The highest BCUT2D eigenvalue weighted by molar-refractivity contribution is 5.30. The molecule has 19 heavy (non-hydrogen) atoms. The Balaban J connectivity index is 2.95. The quantitative estimate of drug-likeness (QED) is 0.561. The zero-order valence-electron chi connectivity index (χ0n) is 12.4. The van der Waals surface area contributed by atoms with Crippen LogP contribution in [0.15, 0.2) is 24.3 Å². The minimum Gasteiger partial charge on any atom is -0.494 e. The number of hydrogen-bond donors (Lipinski definition) is 2. The van der Waals surface area contributed by atoms with E-state index in [1.165, 1.54) is 0 Å². The fourth-order valence-electron chi connectivity index (χ4n) is 2.27. The summed E-state index contributed by atoms with van der Waals surface area (Å²) in [6, 6.07) is 7.94. The lowest BCUT2D eigenvalue weighted by atomic mass is 9.88. The van der Waals surface area contributed by atoms with E-state index in [0.717, 1.165) is 17.7 Å². The number of hydrogen-bond acceptors (Lipinski definition) is 4. The molecule has 0 saturated heterocycles. The van der Waals surface area contributed by atoms with Crippen LogP contribution in [0.5, 0.6) is 5.75 Å². The van der Waals surface area contributed by atoms with E-state index in [-0.39, 0.29) is 11.6 Å². The molecule has 1 aromatic carbocycles. The van der Waals surface area contributed by atoms with Gasteiger partial charge in [0.15, 0.2) is 0 Å². The first kappa shape index (κ1) is 16.0. The molecule has 108 valence electrons. The van der Waals surface area contributed by atoms with Gasteiger partial charge in [0.1, 0.15) is 5.75 Å². The maximum absolute atomic E-state index is 5.89. The van der Waals surface area contributed by atoms with Gasteiger partial charge in [0.2, 0.25) is 0 Å². The van der Waals surface area contributed by atoms with Crippen molar-refractivity contribution >= 4 is 0 Å². The van der Waals surface area contributed by atoms with Crippen molar-refractivity contribution in [3.63, 3.8) is 0 Å². The lowest BCUT2D eigenvalue weighted by molar-refractivity contribution is -0.0564. The summed E-state index contributed by atoms with van der Waals surface area (Å²) in [7, 11) is 0. The van der Waals surface area contributed by atoms with Gasteiger partial charge in [-0.1, -0.05) is 19.1 Å². The van der Waals surface area contributed by atoms with Crippen molar-refractivity contribution in [1.82, 2.24) is 5.43 Å². The maximum atomic E-state index is 5.89. The van der Waals surface area contributed by atoms with E-state index >= 15 is 0 Å². The molecule has 0 aliphatic rings. The predicted octanol–water partition coefficient (Wildman–Crippen LogP) is 2.79. The third-order valence-corrected chi connectivity index (χ3v) is 3.48. The fraction of sp³-hybridized carbons (Fsp3) is 0.600. The Morgan fingerprint density at radius 2 is 1.79 bits per heavy atom. The lowest BCUT2D eigenvalue weighted by Gasteiger charge is -2.36. The van der Waals surface area contributed by atoms with Crippen LogP contribution >= 0.6 is 0 Å². The monoisotopic (exact) mass is 266 g/mol. The average molecular weight is 266 g/mol. The number of hydrazine groups is 1. The van der Waals surface area contributed by atoms with E-state index in [4.69, 9.17) is 15.3 Å². The molecule has 0 heterocycles. The minimum atomic E-state index is -0.323. The van der Waals surface area contributed by atoms with Crippen molar-refractivity contribution in [3.05, 3.63) is 29.8 Å². The van der Waals surface area contributed by atoms with Gasteiger partial charge in [0, 0.05) is 6.61 Å². The van der Waals surface area contributed by atoms with Gasteiger partial charge in [-0.3, -0.25) is 11.3 Å². The van der Waals surface area contributed by atoms with Gasteiger partial charge in [-0.25, -0.2) is 0 Å². The Kier molecular flexibility index (Phi) is 6.28. The smallest absolute Gasteiger partial charge is 0.119 e. The standard InChI is InChI=1S/C15H26N2O2/c1-5-15(4,19-7-3)14(17-16)12-8-10-13(11-9-12)18-6-2/h8-11,14,17H,5-7,16H2,1-4H3. The second kappa shape index (κ2) is 7.48. The molecular formula is C15H26N2O2. The van der Waals surface area contributed by atoms with E-state index in [9.17, 15) is 0 Å². The molecule has 0 aromatic heterocycles. The van der Waals surface area contributed by atoms with Crippen molar-refractivity contribution in [1.29, 1.82) is 0 Å². The molecule has 3 N–H and O–H groups in total. The molecule has 0 saturated carbocycles. The van der Waals surface area contributed by atoms with Crippen LogP contribution in [-0.4, -0.2) is 18.8 Å². The Morgan fingerprint density at radius 3 is 2.21 bits per heavy atom. The number of nitrogens with two attached hydrogens (primary N) is 1. The van der Waals surface area contributed by atoms with Gasteiger partial charge in [0.05, 0.1) is 18.2 Å². The average Bonchev–Trinajstić information content (AvgIpc) is 2.42. The van der Waals surface area contributed by atoms with Crippen LogP contribution in [0.1, 0.15) is 45.7 Å². The summed E-state index contributed by atoms with van der Waals surface area (Å²) in [5.74, 6) is 6.60. The van der Waals surface area contributed by atoms with Crippen molar-refractivity contribution in [2.45, 2.75) is 45.8 Å². The highest BCUT2D eigenvalue weighted by Crippen LogP contribution is 2.32. The summed E-state index contributed by atoms with van der Waals surface area (Å²) in [6.45, 7) is 9.50. The first-order valence-electron chi connectivity index (χ1n) is 6.94. The largest absolute Gasteiger partial charge is 0.494 e. The molecule has 2 unspecified atom stereocenters. The Morgan fingerprint density at radius 1 is 1.16 bits per heavy atom. The molecule has 0 bridgehead atoms. The molecule has 0 fully saturated rings. The van der Waals surface area contributed by atoms with Gasteiger partial charge in [0.25, 0.3) is 0 Å². The van der Waals surface area contributed by atoms with Gasteiger partial charge >= 0.3 is 0 Å². The third kappa shape index (κ3) is 3.93. The summed E-state index contributed by atoms with van der Waals surface area (Å²) < 4.78 is 11.3. The van der Waals surface area contributed by atoms with E-state index in [1.54, 1.807) is 0 Å². The molecule has 2 atom stereocenters. The normalized spacial score (nSPS) is 15.8. The fourth-order valence-corrected chi connectivity index (χ4v) is 2.27. The van der Waals surface area contributed by atoms with Crippen LogP contribution in [0.25, 0.3) is 0 Å². The van der Waals surface area contributed by atoms with Gasteiger partial charge in [-0.2, -0.15) is 0 Å². The van der Waals surface area contributed by atoms with Crippen LogP contribution in [-0.2, 0) is 4.74 Å². The summed E-state index contributed by atoms with van der Waals surface area (Å²) in [4.78, 5) is 0. The second-order valence-electron chi connectivity index (χ2n) is 4.70. The molecule has 1 rings (SSSR count). The van der Waals surface area contributed by atoms with Crippen LogP contribution in [0.4, 0.5) is 0 Å². The second-order valence-corrected chi connectivity index (χ2v) is 4.70. The number of nitrogens with one attached hydrogen (secondary N) is 1. The highest BCUT2D eigenvalue weighted by Gasteiger charge is 2.33. The summed E-state index contributed by atoms with van der Waals surface area (Å²) in [5.41, 5.74) is 3.66. The summed E-state index contributed by atoms with van der Waals surface area (Å²) in [6.07, 6.45) is 0.878. The third-order valence-electron chi connectivity index (χ3n) is 3.48. The van der Waals surface area contributed by atoms with E-state index in [0.29, 0.717) is 13.2 Å². The van der Waals surface area contributed by atoms with Crippen LogP contribution < -0.4 is 16.0 Å². The maximum Gasteiger partial charge on any atom is 0.119 e. The molecule has 1 aromatic rings. The molecule has 0 aliphatic carbocycles. The Bertz CT molecular complexity index is 367.